The molecule has 0 unspecified atom stereocenters. The van der Waals surface area contributed by atoms with Gasteiger partial charge in [-0.05, 0) is 18.2 Å². The van der Waals surface area contributed by atoms with Crippen molar-refractivity contribution in [2.75, 3.05) is 17.2 Å². The van der Waals surface area contributed by atoms with E-state index in [0.717, 1.165) is 6.07 Å². The molecule has 0 bridgehead atoms. The largest absolute Gasteiger partial charge is 0.437 e. The Bertz CT molecular complexity index is 992. The zero-order valence-corrected chi connectivity index (χ0v) is 13.5. The maximum absolute atomic E-state index is 14.5. The van der Waals surface area contributed by atoms with E-state index in [1.807, 2.05) is 0 Å². The molecule has 7 heteroatoms. The third-order valence-corrected chi connectivity index (χ3v) is 3.91. The number of allylic oxidation sites excluding steroid dienone is 1. The van der Waals surface area contributed by atoms with Gasteiger partial charge in [0.2, 0.25) is 5.88 Å². The maximum Gasteiger partial charge on any atom is 0.218 e. The number of carbonyl (C=O) groups excluding carboxylic acids is 2. The van der Waals surface area contributed by atoms with E-state index < -0.39 is 11.6 Å². The van der Waals surface area contributed by atoms with Crippen LogP contribution in [0.5, 0.6) is 5.75 Å². The number of carbonyl (C=O) groups is 2. The van der Waals surface area contributed by atoms with Gasteiger partial charge in [0.25, 0.3) is 0 Å². The van der Waals surface area contributed by atoms with Crippen molar-refractivity contribution in [3.63, 3.8) is 0 Å². The van der Waals surface area contributed by atoms with Gasteiger partial charge in [0.05, 0.1) is 17.8 Å². The van der Waals surface area contributed by atoms with E-state index in [1.165, 1.54) is 17.0 Å². The number of benzene rings is 2. The van der Waals surface area contributed by atoms with Crippen LogP contribution in [0.25, 0.3) is 0 Å². The van der Waals surface area contributed by atoms with Gasteiger partial charge in [0.15, 0.2) is 17.8 Å². The van der Waals surface area contributed by atoms with Crippen LogP contribution in [-0.4, -0.2) is 18.6 Å². The first-order valence-electron chi connectivity index (χ1n) is 7.54. The average molecular weight is 351 g/mol. The third-order valence-electron chi connectivity index (χ3n) is 3.91. The minimum absolute atomic E-state index is 0.000294. The number of fused-ring (bicyclic) bond motifs is 1. The molecule has 0 fully saturated rings. The van der Waals surface area contributed by atoms with Crippen LogP contribution in [0.1, 0.15) is 15.9 Å². The molecular formula is C19H14FN3O3. The van der Waals surface area contributed by atoms with Gasteiger partial charge in [0.1, 0.15) is 11.5 Å². The quantitative estimate of drug-likeness (QED) is 0.377. The highest BCUT2D eigenvalue weighted by Crippen LogP contribution is 2.38. The fourth-order valence-electron chi connectivity index (χ4n) is 2.68. The molecule has 0 aliphatic carbocycles. The number of rotatable bonds is 4. The Morgan fingerprint density at radius 2 is 2.00 bits per heavy atom. The van der Waals surface area contributed by atoms with Crippen molar-refractivity contribution in [1.82, 2.24) is 0 Å². The Balaban J connectivity index is 2.15. The Hall–Kier alpha value is -3.79. The first-order valence-corrected chi connectivity index (χ1v) is 7.54. The van der Waals surface area contributed by atoms with Crippen LogP contribution in [0.4, 0.5) is 15.8 Å². The normalized spacial score (nSPS) is 12.8. The molecule has 0 aromatic heterocycles. The molecule has 0 radical (unpaired) electrons. The van der Waals surface area contributed by atoms with Crippen molar-refractivity contribution in [3.05, 3.63) is 64.9 Å². The zero-order chi connectivity index (χ0) is 18.8. The van der Waals surface area contributed by atoms with Gasteiger partial charge in [0, 0.05) is 17.3 Å². The molecule has 0 saturated carbocycles. The molecule has 1 heterocycles. The molecular weight excluding hydrogens is 337 g/mol. The molecule has 2 aromatic carbocycles. The molecule has 0 saturated heterocycles. The van der Waals surface area contributed by atoms with Crippen LogP contribution in [-0.2, 0) is 4.79 Å². The van der Waals surface area contributed by atoms with Gasteiger partial charge in [-0.2, -0.15) is 0 Å². The second kappa shape index (κ2) is 6.61. The van der Waals surface area contributed by atoms with E-state index in [4.69, 9.17) is 22.6 Å². The molecule has 1 aliphatic heterocycles. The number of nitrogens with two attached hydrogens (primary N) is 2. The van der Waals surface area contributed by atoms with Crippen molar-refractivity contribution < 1.29 is 18.7 Å². The molecule has 0 atom stereocenters. The van der Waals surface area contributed by atoms with E-state index in [9.17, 15) is 14.0 Å². The van der Waals surface area contributed by atoms with E-state index in [-0.39, 0.29) is 46.4 Å². The summed E-state index contributed by atoms with van der Waals surface area (Å²) in [7, 11) is 0. The second-order valence-electron chi connectivity index (χ2n) is 5.48. The van der Waals surface area contributed by atoms with E-state index in [0.29, 0.717) is 6.29 Å². The summed E-state index contributed by atoms with van der Waals surface area (Å²) in [6, 6.07) is 8.64. The monoisotopic (exact) mass is 351 g/mol. The number of anilines is 2. The van der Waals surface area contributed by atoms with Crippen molar-refractivity contribution in [1.29, 1.82) is 0 Å². The molecule has 130 valence electrons. The topological polar surface area (TPSA) is 98.6 Å². The van der Waals surface area contributed by atoms with Crippen LogP contribution < -0.4 is 21.1 Å². The summed E-state index contributed by atoms with van der Waals surface area (Å²) in [5.74, 6) is 0.841. The van der Waals surface area contributed by atoms with Gasteiger partial charge in [-0.1, -0.05) is 18.1 Å². The van der Waals surface area contributed by atoms with Crippen LogP contribution in [0.2, 0.25) is 0 Å². The summed E-state index contributed by atoms with van der Waals surface area (Å²) in [6.07, 6.45) is 5.83. The number of terminal acetylenes is 1. The fraction of sp³-hybridized carbons (Fsp3) is 0.0526. The Morgan fingerprint density at radius 1 is 1.27 bits per heavy atom. The smallest absolute Gasteiger partial charge is 0.218 e. The van der Waals surface area contributed by atoms with Gasteiger partial charge < -0.3 is 21.1 Å². The zero-order valence-electron chi connectivity index (χ0n) is 13.5. The van der Waals surface area contributed by atoms with Gasteiger partial charge in [-0.25, -0.2) is 4.39 Å². The highest BCUT2D eigenvalue weighted by atomic mass is 19.1. The first-order chi connectivity index (χ1) is 12.5. The third kappa shape index (κ3) is 2.74. The molecule has 0 amide bonds. The highest BCUT2D eigenvalue weighted by Gasteiger charge is 2.28. The number of nitrogens with zero attached hydrogens (tertiary/aromatic N) is 1. The fourth-order valence-corrected chi connectivity index (χ4v) is 2.68. The SMILES string of the molecule is C#CCN1C(C=O)=C(N)Oc2cc(F)c(C(=O)c3ccccc3N)cc21. The van der Waals surface area contributed by atoms with Crippen LogP contribution in [0, 0.1) is 18.2 Å². The lowest BCUT2D eigenvalue weighted by Gasteiger charge is -2.30. The predicted molar refractivity (Wildman–Crippen MR) is 94.8 cm³/mol. The Kier molecular flexibility index (Phi) is 4.33. The van der Waals surface area contributed by atoms with E-state index in [1.54, 1.807) is 18.2 Å². The van der Waals surface area contributed by atoms with Crippen molar-refractivity contribution in [2.45, 2.75) is 0 Å². The van der Waals surface area contributed by atoms with Gasteiger partial charge in [-0.3, -0.25) is 9.59 Å². The lowest BCUT2D eigenvalue weighted by atomic mass is 9.99. The standard InChI is InChI=1S/C19H14FN3O3/c1-2-7-23-15-8-12(18(25)11-5-3-4-6-14(11)21)13(20)9-17(15)26-19(22)16(23)10-24/h1,3-6,8-10H,7,21-22H2. The number of halogens is 1. The predicted octanol–water partition coefficient (Wildman–Crippen LogP) is 1.80. The number of hydrogen-bond donors (Lipinski definition) is 2. The molecule has 0 spiro atoms. The van der Waals surface area contributed by atoms with Gasteiger partial charge in [-0.15, -0.1) is 6.42 Å². The average Bonchev–Trinajstić information content (AvgIpc) is 2.61. The number of para-hydroxylation sites is 1. The molecule has 4 N–H and O–H groups in total. The molecule has 2 aromatic rings. The minimum atomic E-state index is -0.806. The second-order valence-corrected chi connectivity index (χ2v) is 5.48. The number of ketones is 1. The Morgan fingerprint density at radius 3 is 2.65 bits per heavy atom. The summed E-state index contributed by atoms with van der Waals surface area (Å²) >= 11 is 0. The number of ether oxygens (including phenoxy) is 1. The molecule has 1 aliphatic rings. The number of nitrogen functional groups attached to an aromatic ring is 1. The van der Waals surface area contributed by atoms with Crippen LogP contribution in [0.3, 0.4) is 0 Å². The number of aldehydes is 1. The van der Waals surface area contributed by atoms with Crippen molar-refractivity contribution in [2.24, 2.45) is 5.73 Å². The lowest BCUT2D eigenvalue weighted by Crippen LogP contribution is -2.33. The lowest BCUT2D eigenvalue weighted by molar-refractivity contribution is -0.105. The summed E-state index contributed by atoms with van der Waals surface area (Å²) in [6.45, 7) is -0.0160. The summed E-state index contributed by atoms with van der Waals surface area (Å²) in [5, 5.41) is 0. The van der Waals surface area contributed by atoms with E-state index >= 15 is 0 Å². The summed E-state index contributed by atoms with van der Waals surface area (Å²) in [5.41, 5.74) is 11.9. The summed E-state index contributed by atoms with van der Waals surface area (Å²) in [4.78, 5) is 25.4. The van der Waals surface area contributed by atoms with Crippen molar-refractivity contribution in [3.8, 4) is 18.1 Å². The van der Waals surface area contributed by atoms with Gasteiger partial charge >= 0.3 is 0 Å². The van der Waals surface area contributed by atoms with E-state index in [2.05, 4.69) is 5.92 Å². The maximum atomic E-state index is 14.5. The Labute approximate surface area is 148 Å². The van der Waals surface area contributed by atoms with Crippen LogP contribution in [0.15, 0.2) is 48.0 Å². The molecule has 26 heavy (non-hydrogen) atoms. The highest BCUT2D eigenvalue weighted by molar-refractivity contribution is 6.13. The van der Waals surface area contributed by atoms with Crippen molar-refractivity contribution >= 4 is 23.4 Å². The summed E-state index contributed by atoms with van der Waals surface area (Å²) < 4.78 is 19.8. The minimum Gasteiger partial charge on any atom is -0.437 e. The first kappa shape index (κ1) is 17.0. The van der Waals surface area contributed by atoms with Crippen LogP contribution >= 0.6 is 0 Å². The molecule has 3 rings (SSSR count). The number of hydrogen-bond acceptors (Lipinski definition) is 6. The molecule has 6 nitrogen and oxygen atoms in total.